The second-order valence-corrected chi connectivity index (χ2v) is 6.77. The van der Waals surface area contributed by atoms with Crippen LogP contribution in [-0.4, -0.2) is 74.7 Å². The Labute approximate surface area is 148 Å². The molecule has 1 aromatic rings. The third kappa shape index (κ3) is 4.39. The van der Waals surface area contributed by atoms with Crippen molar-refractivity contribution in [3.63, 3.8) is 0 Å². The van der Waals surface area contributed by atoms with E-state index in [2.05, 4.69) is 20.4 Å². The second kappa shape index (κ2) is 8.16. The molecule has 2 N–H and O–H groups in total. The Balaban J connectivity index is 1.48. The molecular formula is C17H25ClN4O2. The summed E-state index contributed by atoms with van der Waals surface area (Å²) in [5, 5.41) is 6.79. The van der Waals surface area contributed by atoms with Crippen molar-refractivity contribution in [3.05, 3.63) is 23.2 Å². The normalized spacial score (nSPS) is 22.5. The number of hydrogen-bond donors (Lipinski definition) is 2. The molecule has 2 saturated heterocycles. The van der Waals surface area contributed by atoms with Crippen LogP contribution in [0.5, 0.6) is 5.75 Å². The number of hydrogen-bond acceptors (Lipinski definition) is 5. The molecule has 6 nitrogen and oxygen atoms in total. The summed E-state index contributed by atoms with van der Waals surface area (Å²) in [4.78, 5) is 17.0. The fourth-order valence-electron chi connectivity index (χ4n) is 3.45. The number of carbonyl (C=O) groups excluding carboxylic acids is 1. The highest BCUT2D eigenvalue weighted by molar-refractivity contribution is 6.32. The van der Waals surface area contributed by atoms with Gasteiger partial charge in [-0.3, -0.25) is 14.6 Å². The summed E-state index contributed by atoms with van der Waals surface area (Å²) in [6, 6.07) is 5.85. The highest BCUT2D eigenvalue weighted by Crippen LogP contribution is 2.27. The van der Waals surface area contributed by atoms with E-state index in [1.807, 2.05) is 0 Å². The Morgan fingerprint density at radius 2 is 2.17 bits per heavy atom. The molecular weight excluding hydrogens is 328 g/mol. The molecule has 1 aromatic carbocycles. The van der Waals surface area contributed by atoms with E-state index in [0.29, 0.717) is 29.0 Å². The molecule has 3 rings (SSSR count). The Kier molecular flexibility index (Phi) is 5.94. The van der Waals surface area contributed by atoms with Gasteiger partial charge < -0.3 is 15.4 Å². The van der Waals surface area contributed by atoms with Gasteiger partial charge in [0.2, 0.25) is 5.91 Å². The third-order valence-electron chi connectivity index (χ3n) is 4.72. The first-order chi connectivity index (χ1) is 11.7. The van der Waals surface area contributed by atoms with Gasteiger partial charge in [0, 0.05) is 51.0 Å². The lowest BCUT2D eigenvalue weighted by Gasteiger charge is -2.32. The maximum Gasteiger partial charge on any atom is 0.238 e. The molecule has 132 valence electrons. The van der Waals surface area contributed by atoms with Crippen LogP contribution >= 0.6 is 11.6 Å². The molecule has 2 heterocycles. The first-order valence-electron chi connectivity index (χ1n) is 8.46. The van der Waals surface area contributed by atoms with Crippen molar-refractivity contribution in [2.75, 3.05) is 58.2 Å². The number of ether oxygens (including phenoxy) is 1. The number of methoxy groups -OCH3 is 1. The van der Waals surface area contributed by atoms with Crippen LogP contribution in [0.1, 0.15) is 6.42 Å². The molecule has 0 spiro atoms. The van der Waals surface area contributed by atoms with Crippen molar-refractivity contribution in [3.8, 4) is 5.75 Å². The number of amides is 1. The number of piperazine rings is 1. The van der Waals surface area contributed by atoms with Crippen molar-refractivity contribution >= 4 is 23.2 Å². The lowest BCUT2D eigenvalue weighted by atomic mass is 10.2. The Hall–Kier alpha value is -1.34. The van der Waals surface area contributed by atoms with E-state index in [1.54, 1.807) is 25.3 Å². The summed E-state index contributed by atoms with van der Waals surface area (Å²) in [5.74, 6) is 0.602. The van der Waals surface area contributed by atoms with E-state index in [9.17, 15) is 4.79 Å². The van der Waals surface area contributed by atoms with Gasteiger partial charge in [-0.25, -0.2) is 0 Å². The van der Waals surface area contributed by atoms with Gasteiger partial charge >= 0.3 is 0 Å². The lowest BCUT2D eigenvalue weighted by Crippen LogP contribution is -2.49. The van der Waals surface area contributed by atoms with Gasteiger partial charge in [0.05, 0.1) is 18.7 Å². The first-order valence-corrected chi connectivity index (χ1v) is 8.84. The van der Waals surface area contributed by atoms with E-state index in [-0.39, 0.29) is 5.91 Å². The molecule has 1 unspecified atom stereocenters. The number of likely N-dealkylation sites (tertiary alicyclic amines) is 1. The topological polar surface area (TPSA) is 56.8 Å². The number of nitrogens with zero attached hydrogens (tertiary/aromatic N) is 2. The SMILES string of the molecule is COc1ccc(NC(=O)CN2CCC(N3CCNCC3)C2)cc1Cl. The monoisotopic (exact) mass is 352 g/mol. The van der Waals surface area contributed by atoms with Gasteiger partial charge in [0.1, 0.15) is 5.75 Å². The fourth-order valence-corrected chi connectivity index (χ4v) is 3.71. The minimum Gasteiger partial charge on any atom is -0.495 e. The standard InChI is InChI=1S/C17H25ClN4O2/c1-24-16-3-2-13(10-15(16)18)20-17(23)12-21-7-4-14(11-21)22-8-5-19-6-9-22/h2-3,10,14,19H,4-9,11-12H2,1H3,(H,20,23). The van der Waals surface area contributed by atoms with Gasteiger partial charge in [-0.1, -0.05) is 11.6 Å². The number of nitrogens with one attached hydrogen (secondary N) is 2. The Morgan fingerprint density at radius 1 is 1.38 bits per heavy atom. The number of rotatable bonds is 5. The van der Waals surface area contributed by atoms with E-state index >= 15 is 0 Å². The average Bonchev–Trinajstić information content (AvgIpc) is 3.04. The Bertz CT molecular complexity index is 578. The molecule has 0 radical (unpaired) electrons. The molecule has 0 saturated carbocycles. The van der Waals surface area contributed by atoms with Gasteiger partial charge in [-0.2, -0.15) is 0 Å². The minimum atomic E-state index is -0.00260. The summed E-state index contributed by atoms with van der Waals surface area (Å²) >= 11 is 6.09. The zero-order valence-electron chi connectivity index (χ0n) is 14.1. The molecule has 2 aliphatic heterocycles. The summed E-state index contributed by atoms with van der Waals surface area (Å²) in [7, 11) is 1.57. The maximum atomic E-state index is 12.3. The number of carbonyl (C=O) groups is 1. The van der Waals surface area contributed by atoms with E-state index < -0.39 is 0 Å². The maximum absolute atomic E-state index is 12.3. The second-order valence-electron chi connectivity index (χ2n) is 6.36. The van der Waals surface area contributed by atoms with Crippen LogP contribution in [0.3, 0.4) is 0 Å². The van der Waals surface area contributed by atoms with Gasteiger partial charge in [0.25, 0.3) is 0 Å². The highest BCUT2D eigenvalue weighted by Gasteiger charge is 2.29. The zero-order valence-corrected chi connectivity index (χ0v) is 14.8. The number of halogens is 1. The van der Waals surface area contributed by atoms with Crippen molar-refractivity contribution in [2.24, 2.45) is 0 Å². The molecule has 1 amide bonds. The number of benzene rings is 1. The summed E-state index contributed by atoms with van der Waals surface area (Å²) in [5.41, 5.74) is 0.698. The van der Waals surface area contributed by atoms with Crippen LogP contribution in [0.15, 0.2) is 18.2 Å². The molecule has 24 heavy (non-hydrogen) atoms. The lowest BCUT2D eigenvalue weighted by molar-refractivity contribution is -0.117. The fraction of sp³-hybridized carbons (Fsp3) is 0.588. The minimum absolute atomic E-state index is 0.00260. The molecule has 2 fully saturated rings. The average molecular weight is 353 g/mol. The van der Waals surface area contributed by atoms with Crippen molar-refractivity contribution in [1.29, 1.82) is 0 Å². The molecule has 0 bridgehead atoms. The van der Waals surface area contributed by atoms with Crippen molar-refractivity contribution < 1.29 is 9.53 Å². The van der Waals surface area contributed by atoms with Crippen LogP contribution in [0.2, 0.25) is 5.02 Å². The van der Waals surface area contributed by atoms with Crippen LogP contribution in [0.4, 0.5) is 5.69 Å². The van der Waals surface area contributed by atoms with Crippen LogP contribution < -0.4 is 15.4 Å². The van der Waals surface area contributed by atoms with Crippen LogP contribution in [-0.2, 0) is 4.79 Å². The predicted molar refractivity (Wildman–Crippen MR) is 95.9 cm³/mol. The Morgan fingerprint density at radius 3 is 2.88 bits per heavy atom. The van der Waals surface area contributed by atoms with Gasteiger partial charge in [0.15, 0.2) is 0 Å². The highest BCUT2D eigenvalue weighted by atomic mass is 35.5. The van der Waals surface area contributed by atoms with E-state index in [0.717, 1.165) is 45.7 Å². The predicted octanol–water partition coefficient (Wildman–Crippen LogP) is 1.27. The molecule has 1 atom stereocenters. The summed E-state index contributed by atoms with van der Waals surface area (Å²) < 4.78 is 5.12. The molecule has 2 aliphatic rings. The summed E-state index contributed by atoms with van der Waals surface area (Å²) in [6.45, 7) is 6.71. The van der Waals surface area contributed by atoms with Crippen LogP contribution in [0, 0.1) is 0 Å². The van der Waals surface area contributed by atoms with E-state index in [4.69, 9.17) is 16.3 Å². The summed E-state index contributed by atoms with van der Waals surface area (Å²) in [6.07, 6.45) is 1.14. The van der Waals surface area contributed by atoms with Crippen LogP contribution in [0.25, 0.3) is 0 Å². The number of anilines is 1. The van der Waals surface area contributed by atoms with Crippen molar-refractivity contribution in [1.82, 2.24) is 15.1 Å². The molecule has 0 aromatic heterocycles. The van der Waals surface area contributed by atoms with Gasteiger partial charge in [-0.05, 0) is 24.6 Å². The quantitative estimate of drug-likeness (QED) is 0.835. The first kappa shape index (κ1) is 17.5. The zero-order chi connectivity index (χ0) is 16.9. The molecule has 7 heteroatoms. The third-order valence-corrected chi connectivity index (χ3v) is 5.01. The van der Waals surface area contributed by atoms with E-state index in [1.165, 1.54) is 0 Å². The molecule has 0 aliphatic carbocycles. The smallest absolute Gasteiger partial charge is 0.238 e. The largest absolute Gasteiger partial charge is 0.495 e. The van der Waals surface area contributed by atoms with Gasteiger partial charge in [-0.15, -0.1) is 0 Å². The van der Waals surface area contributed by atoms with Crippen molar-refractivity contribution in [2.45, 2.75) is 12.5 Å².